The van der Waals surface area contributed by atoms with Crippen LogP contribution in [0.2, 0.25) is 0 Å². The molecule has 3 N–H and O–H groups in total. The van der Waals surface area contributed by atoms with Crippen LogP contribution in [-0.2, 0) is 16.6 Å². The van der Waals surface area contributed by atoms with Crippen LogP contribution in [0.4, 0.5) is 5.69 Å². The highest BCUT2D eigenvalue weighted by atomic mass is 32.2. The van der Waals surface area contributed by atoms with Crippen LogP contribution >= 0.6 is 0 Å². The van der Waals surface area contributed by atoms with E-state index in [4.69, 9.17) is 5.73 Å². The van der Waals surface area contributed by atoms with Gasteiger partial charge in [0.2, 0.25) is 10.0 Å². The van der Waals surface area contributed by atoms with E-state index in [2.05, 4.69) is 4.72 Å². The Morgan fingerprint density at radius 1 is 1.10 bits per heavy atom. The summed E-state index contributed by atoms with van der Waals surface area (Å²) in [6, 6.07) is 12.7. The summed E-state index contributed by atoms with van der Waals surface area (Å²) < 4.78 is 27.3. The summed E-state index contributed by atoms with van der Waals surface area (Å²) in [5.41, 5.74) is 8.69. The van der Waals surface area contributed by atoms with E-state index in [1.807, 2.05) is 37.3 Å². The van der Waals surface area contributed by atoms with Crippen molar-refractivity contribution in [1.29, 1.82) is 0 Å². The molecule has 5 heteroatoms. The molecule has 2 aromatic rings. The Bertz CT molecular complexity index is 710. The molecule has 0 aliphatic heterocycles. The topological polar surface area (TPSA) is 72.2 Å². The lowest BCUT2D eigenvalue weighted by Crippen LogP contribution is -2.24. The van der Waals surface area contributed by atoms with Crippen LogP contribution in [0.1, 0.15) is 16.7 Å². The lowest BCUT2D eigenvalue weighted by Gasteiger charge is -2.12. The summed E-state index contributed by atoms with van der Waals surface area (Å²) >= 11 is 0. The summed E-state index contributed by atoms with van der Waals surface area (Å²) in [5.74, 6) is 0. The maximum atomic E-state index is 12.4. The molecule has 0 fully saturated rings. The van der Waals surface area contributed by atoms with Crippen molar-refractivity contribution < 1.29 is 8.42 Å². The third kappa shape index (κ3) is 3.18. The Kier molecular flexibility index (Phi) is 4.11. The van der Waals surface area contributed by atoms with Gasteiger partial charge in [-0.25, -0.2) is 13.1 Å². The van der Waals surface area contributed by atoms with E-state index < -0.39 is 10.0 Å². The summed E-state index contributed by atoms with van der Waals surface area (Å²) in [6.07, 6.45) is 0. The quantitative estimate of drug-likeness (QED) is 0.849. The molecule has 0 spiro atoms. The Morgan fingerprint density at radius 2 is 1.75 bits per heavy atom. The van der Waals surface area contributed by atoms with E-state index in [0.717, 1.165) is 16.7 Å². The number of nitrogens with two attached hydrogens (primary N) is 1. The highest BCUT2D eigenvalue weighted by Gasteiger charge is 2.18. The molecule has 0 atom stereocenters. The van der Waals surface area contributed by atoms with Crippen molar-refractivity contribution in [2.24, 2.45) is 0 Å². The summed E-state index contributed by atoms with van der Waals surface area (Å²) in [7, 11) is -3.56. The number of nitrogens with one attached hydrogen (secondary N) is 1. The van der Waals surface area contributed by atoms with Crippen LogP contribution in [0, 0.1) is 13.8 Å². The maximum Gasteiger partial charge on any atom is 0.241 e. The standard InChI is InChI=1S/C15H18N2O2S/c1-11-8-14(16)9-15(12(11)2)20(18,19)17-10-13-6-4-3-5-7-13/h3-9,17H,10,16H2,1-2H3. The minimum Gasteiger partial charge on any atom is -0.399 e. The van der Waals surface area contributed by atoms with Gasteiger partial charge in [-0.1, -0.05) is 30.3 Å². The van der Waals surface area contributed by atoms with Gasteiger partial charge in [0.25, 0.3) is 0 Å². The van der Waals surface area contributed by atoms with Crippen molar-refractivity contribution in [2.45, 2.75) is 25.3 Å². The van der Waals surface area contributed by atoms with Gasteiger partial charge in [0.1, 0.15) is 0 Å². The zero-order valence-corrected chi connectivity index (χ0v) is 12.4. The van der Waals surface area contributed by atoms with Crippen molar-refractivity contribution in [3.8, 4) is 0 Å². The SMILES string of the molecule is Cc1cc(N)cc(S(=O)(=O)NCc2ccccc2)c1C. The molecular formula is C15H18N2O2S. The maximum absolute atomic E-state index is 12.4. The number of anilines is 1. The van der Waals surface area contributed by atoms with Gasteiger partial charge in [-0.2, -0.15) is 0 Å². The molecule has 0 saturated carbocycles. The first-order valence-corrected chi connectivity index (χ1v) is 7.79. The number of nitrogen functional groups attached to an aromatic ring is 1. The van der Waals surface area contributed by atoms with Crippen molar-refractivity contribution in [2.75, 3.05) is 5.73 Å². The molecule has 0 aromatic heterocycles. The van der Waals surface area contributed by atoms with Crippen LogP contribution < -0.4 is 10.5 Å². The van der Waals surface area contributed by atoms with E-state index >= 15 is 0 Å². The van der Waals surface area contributed by atoms with Gasteiger partial charge in [-0.05, 0) is 42.7 Å². The van der Waals surface area contributed by atoms with Gasteiger partial charge >= 0.3 is 0 Å². The molecule has 0 heterocycles. The molecule has 106 valence electrons. The summed E-state index contributed by atoms with van der Waals surface area (Å²) in [5, 5.41) is 0. The fraction of sp³-hybridized carbons (Fsp3) is 0.200. The molecule has 2 rings (SSSR count). The van der Waals surface area contributed by atoms with Crippen LogP contribution in [0.5, 0.6) is 0 Å². The number of hydrogen-bond donors (Lipinski definition) is 2. The van der Waals surface area contributed by atoms with Gasteiger partial charge < -0.3 is 5.73 Å². The van der Waals surface area contributed by atoms with Crippen molar-refractivity contribution in [3.05, 3.63) is 59.2 Å². The Hall–Kier alpha value is -1.85. The first-order chi connectivity index (χ1) is 9.40. The average molecular weight is 290 g/mol. The lowest BCUT2D eigenvalue weighted by molar-refractivity contribution is 0.580. The predicted molar refractivity (Wildman–Crippen MR) is 80.8 cm³/mol. The van der Waals surface area contributed by atoms with Gasteiger partial charge in [0, 0.05) is 12.2 Å². The van der Waals surface area contributed by atoms with Crippen LogP contribution in [-0.4, -0.2) is 8.42 Å². The van der Waals surface area contributed by atoms with E-state index in [9.17, 15) is 8.42 Å². The van der Waals surface area contributed by atoms with Gasteiger partial charge in [-0.15, -0.1) is 0 Å². The Balaban J connectivity index is 2.27. The molecule has 0 saturated heterocycles. The van der Waals surface area contributed by atoms with Crippen LogP contribution in [0.15, 0.2) is 47.4 Å². The minimum atomic E-state index is -3.56. The third-order valence-electron chi connectivity index (χ3n) is 3.24. The first kappa shape index (κ1) is 14.6. The summed E-state index contributed by atoms with van der Waals surface area (Å²) in [6.45, 7) is 3.89. The molecular weight excluding hydrogens is 272 g/mol. The van der Waals surface area contributed by atoms with Crippen LogP contribution in [0.3, 0.4) is 0 Å². The van der Waals surface area contributed by atoms with Crippen molar-refractivity contribution in [1.82, 2.24) is 4.72 Å². The van der Waals surface area contributed by atoms with Gasteiger partial charge in [0.15, 0.2) is 0 Å². The highest BCUT2D eigenvalue weighted by Crippen LogP contribution is 2.22. The normalized spacial score (nSPS) is 11.5. The van der Waals surface area contributed by atoms with Gasteiger partial charge in [-0.3, -0.25) is 0 Å². The highest BCUT2D eigenvalue weighted by molar-refractivity contribution is 7.89. The molecule has 0 aliphatic rings. The number of hydrogen-bond acceptors (Lipinski definition) is 3. The molecule has 2 aromatic carbocycles. The minimum absolute atomic E-state index is 0.242. The smallest absolute Gasteiger partial charge is 0.241 e. The van der Waals surface area contributed by atoms with Crippen molar-refractivity contribution >= 4 is 15.7 Å². The zero-order chi connectivity index (χ0) is 14.8. The Labute approximate surface area is 119 Å². The fourth-order valence-electron chi connectivity index (χ4n) is 1.98. The largest absolute Gasteiger partial charge is 0.399 e. The molecule has 0 radical (unpaired) electrons. The van der Waals surface area contributed by atoms with Crippen molar-refractivity contribution in [3.63, 3.8) is 0 Å². The Morgan fingerprint density at radius 3 is 2.40 bits per heavy atom. The van der Waals surface area contributed by atoms with E-state index in [1.165, 1.54) is 6.07 Å². The van der Waals surface area contributed by atoms with Gasteiger partial charge in [0.05, 0.1) is 4.90 Å². The molecule has 0 amide bonds. The number of rotatable bonds is 4. The first-order valence-electron chi connectivity index (χ1n) is 6.30. The summed E-state index contributed by atoms with van der Waals surface area (Å²) in [4.78, 5) is 0.242. The second kappa shape index (κ2) is 5.64. The fourth-order valence-corrected chi connectivity index (χ4v) is 3.35. The number of sulfonamides is 1. The lowest BCUT2D eigenvalue weighted by atomic mass is 10.1. The third-order valence-corrected chi connectivity index (χ3v) is 4.77. The predicted octanol–water partition coefficient (Wildman–Crippen LogP) is 2.36. The second-order valence-corrected chi connectivity index (χ2v) is 6.51. The van der Waals surface area contributed by atoms with E-state index in [-0.39, 0.29) is 11.4 Å². The number of aryl methyl sites for hydroxylation is 1. The van der Waals surface area contributed by atoms with Crippen LogP contribution in [0.25, 0.3) is 0 Å². The molecule has 4 nitrogen and oxygen atoms in total. The van der Waals surface area contributed by atoms with E-state index in [0.29, 0.717) is 5.69 Å². The molecule has 0 aliphatic carbocycles. The molecule has 0 unspecified atom stereocenters. The molecule has 0 bridgehead atoms. The molecule has 20 heavy (non-hydrogen) atoms. The zero-order valence-electron chi connectivity index (χ0n) is 11.6. The number of benzene rings is 2. The monoisotopic (exact) mass is 290 g/mol. The van der Waals surface area contributed by atoms with E-state index in [1.54, 1.807) is 13.0 Å². The second-order valence-electron chi connectivity index (χ2n) is 4.77. The average Bonchev–Trinajstić information content (AvgIpc) is 2.42.